The minimum absolute atomic E-state index is 0.0331. The van der Waals surface area contributed by atoms with E-state index >= 15 is 0 Å². The van der Waals surface area contributed by atoms with E-state index < -0.39 is 77.9 Å². The van der Waals surface area contributed by atoms with Gasteiger partial charge in [-0.2, -0.15) is 0 Å². The second kappa shape index (κ2) is 12.7. The van der Waals surface area contributed by atoms with Gasteiger partial charge in [0.1, 0.15) is 0 Å². The number of aryl methyl sites for hydroxylation is 2. The average Bonchev–Trinajstić information content (AvgIpc) is 3.56. The smallest absolute Gasteiger partial charge is 0.0645 e. The van der Waals surface area contributed by atoms with Crippen molar-refractivity contribution in [3.8, 4) is 11.1 Å². The maximum Gasteiger partial charge on any atom is 0.0645 e. The number of rotatable bonds is 6. The van der Waals surface area contributed by atoms with Gasteiger partial charge in [-0.25, -0.2) is 0 Å². The van der Waals surface area contributed by atoms with Gasteiger partial charge in [0.15, 0.2) is 0 Å². The van der Waals surface area contributed by atoms with Crippen molar-refractivity contribution in [3.05, 3.63) is 204 Å². The van der Waals surface area contributed by atoms with E-state index in [0.717, 1.165) is 44.2 Å². The molecule has 0 spiro atoms. The molecule has 0 N–H and O–H groups in total. The summed E-state index contributed by atoms with van der Waals surface area (Å²) in [4.78, 5) is 3.54. The SMILES string of the molecule is [2H]c1c([2H])c([2H])c2c(N(c3ccc4c(c3)C(C)(C)c3cc(N(c5ccccc5C)c5c([2H])c([2H])c([2H])c6c([2H])c([2H])c([2H])c([2H])c56)c5ccccc5c3-4)c3ccccc3C)c([2H])c([2H])c([2H])c2c1[2H]. The number of fused-ring (bicyclic) bond motifs is 7. The van der Waals surface area contributed by atoms with E-state index in [2.05, 4.69) is 13.8 Å². The third-order valence-corrected chi connectivity index (χ3v) is 10.9. The van der Waals surface area contributed by atoms with E-state index in [1.807, 2.05) is 111 Å². The van der Waals surface area contributed by atoms with Crippen LogP contribution in [-0.4, -0.2) is 0 Å². The number of nitrogens with zero attached hydrogens (tertiary/aromatic N) is 2. The van der Waals surface area contributed by atoms with Gasteiger partial charge in [0, 0.05) is 38.6 Å². The maximum atomic E-state index is 9.53. The minimum Gasteiger partial charge on any atom is -0.310 e. The molecule has 0 aliphatic heterocycles. The molecule has 9 aromatic carbocycles. The summed E-state index contributed by atoms with van der Waals surface area (Å²) in [6.07, 6.45) is 0. The molecule has 9 aromatic rings. The van der Waals surface area contributed by atoms with Crippen LogP contribution >= 0.6 is 0 Å². The topological polar surface area (TPSA) is 6.48 Å². The molecule has 0 radical (unpaired) electrons. The fourth-order valence-corrected chi connectivity index (χ4v) is 8.20. The molecule has 10 rings (SSSR count). The van der Waals surface area contributed by atoms with E-state index in [-0.39, 0.29) is 45.0 Å². The largest absolute Gasteiger partial charge is 0.310 e. The van der Waals surface area contributed by atoms with Gasteiger partial charge in [0.25, 0.3) is 0 Å². The molecule has 2 nitrogen and oxygen atoms in total. The summed E-state index contributed by atoms with van der Waals surface area (Å²) in [6, 6.07) is 24.0. The molecule has 1 aliphatic carbocycles. The molecule has 264 valence electrons. The Hall–Kier alpha value is -6.64. The molecule has 55 heavy (non-hydrogen) atoms. The van der Waals surface area contributed by atoms with Crippen LogP contribution in [0.5, 0.6) is 0 Å². The molecule has 0 bridgehead atoms. The van der Waals surface area contributed by atoms with Crippen LogP contribution in [0.2, 0.25) is 0 Å². The van der Waals surface area contributed by atoms with Gasteiger partial charge >= 0.3 is 0 Å². The summed E-state index contributed by atoms with van der Waals surface area (Å²) in [5.74, 6) is 0. The van der Waals surface area contributed by atoms with Crippen molar-refractivity contribution < 1.29 is 19.2 Å². The first-order chi connectivity index (χ1) is 32.7. The van der Waals surface area contributed by atoms with Crippen LogP contribution < -0.4 is 9.80 Å². The number of para-hydroxylation sites is 2. The summed E-state index contributed by atoms with van der Waals surface area (Å²) in [6.45, 7) is 7.95. The minimum atomic E-state index is -0.796. The van der Waals surface area contributed by atoms with Crippen LogP contribution in [0.4, 0.5) is 34.1 Å². The van der Waals surface area contributed by atoms with Crippen molar-refractivity contribution >= 4 is 66.4 Å². The van der Waals surface area contributed by atoms with E-state index in [9.17, 15) is 4.11 Å². The number of hydrogen-bond donors (Lipinski definition) is 0. The third-order valence-electron chi connectivity index (χ3n) is 10.9. The Morgan fingerprint density at radius 2 is 0.964 bits per heavy atom. The second-order valence-corrected chi connectivity index (χ2v) is 14.4. The summed E-state index contributed by atoms with van der Waals surface area (Å²) in [7, 11) is 0. The Kier molecular flexibility index (Phi) is 4.94. The van der Waals surface area contributed by atoms with Gasteiger partial charge < -0.3 is 9.80 Å². The average molecular weight is 721 g/mol. The Morgan fingerprint density at radius 3 is 1.60 bits per heavy atom. The Balaban J connectivity index is 1.28. The molecule has 0 saturated heterocycles. The summed E-state index contributed by atoms with van der Waals surface area (Å²) in [5.41, 5.74) is 6.67. The fraction of sp³-hybridized carbons (Fsp3) is 0.0943. The predicted molar refractivity (Wildman–Crippen MR) is 235 cm³/mol. The van der Waals surface area contributed by atoms with E-state index in [4.69, 9.17) is 15.1 Å². The summed E-state index contributed by atoms with van der Waals surface area (Å²) < 4.78 is 125. The van der Waals surface area contributed by atoms with Crippen LogP contribution in [0.25, 0.3) is 43.4 Å². The van der Waals surface area contributed by atoms with Crippen LogP contribution in [0.3, 0.4) is 0 Å². The van der Waals surface area contributed by atoms with Crippen LogP contribution in [0.15, 0.2) is 182 Å². The zero-order valence-corrected chi connectivity index (χ0v) is 30.6. The van der Waals surface area contributed by atoms with Crippen LogP contribution in [0.1, 0.15) is 55.3 Å². The standard InChI is InChI=1S/C53H42N2/c1-35-17-5-13-27-47(35)54(49-29-15-21-37-19-7-9-23-40(37)49)39-31-32-44-45(33-39)53(3,4)46-34-51(42-25-11-12-26-43(42)52(44)46)55(48-28-14-6-18-36(48)2)50-30-16-22-38-20-8-10-24-41(38)50/h5-34H,1-4H3/i7D,8D,9D,10D,15D,16D,19D,20D,21D,22D,23D,24D,29D,30D. The van der Waals surface area contributed by atoms with Gasteiger partial charge in [-0.05, 0) is 106 Å². The number of hydrogen-bond acceptors (Lipinski definition) is 2. The van der Waals surface area contributed by atoms with Crippen molar-refractivity contribution in [1.82, 2.24) is 0 Å². The van der Waals surface area contributed by atoms with Gasteiger partial charge in [-0.1, -0.05) is 153 Å². The quantitative estimate of drug-likeness (QED) is 0.169. The van der Waals surface area contributed by atoms with Gasteiger partial charge in [0.05, 0.1) is 36.3 Å². The molecular weight excluding hydrogens is 665 g/mol. The summed E-state index contributed by atoms with van der Waals surface area (Å²) >= 11 is 0. The molecule has 1 aliphatic rings. The van der Waals surface area contributed by atoms with E-state index in [1.165, 1.54) is 0 Å². The lowest BCUT2D eigenvalue weighted by atomic mass is 9.81. The molecule has 0 fully saturated rings. The highest BCUT2D eigenvalue weighted by molar-refractivity contribution is 6.12. The van der Waals surface area contributed by atoms with Gasteiger partial charge in [-0.3, -0.25) is 0 Å². The van der Waals surface area contributed by atoms with Crippen LogP contribution in [-0.2, 0) is 5.41 Å². The van der Waals surface area contributed by atoms with Crippen LogP contribution in [0, 0.1) is 13.8 Å². The van der Waals surface area contributed by atoms with Crippen molar-refractivity contribution in [1.29, 1.82) is 0 Å². The normalized spacial score (nSPS) is 16.4. The molecule has 0 atom stereocenters. The summed E-state index contributed by atoms with van der Waals surface area (Å²) in [5, 5.41) is 1.15. The second-order valence-electron chi connectivity index (χ2n) is 14.4. The maximum absolute atomic E-state index is 9.53. The van der Waals surface area contributed by atoms with Crippen molar-refractivity contribution in [2.24, 2.45) is 0 Å². The first-order valence-corrected chi connectivity index (χ1v) is 18.1. The molecule has 0 aromatic heterocycles. The Labute approximate surface area is 343 Å². The zero-order valence-electron chi connectivity index (χ0n) is 44.6. The lowest BCUT2D eigenvalue weighted by Gasteiger charge is -2.32. The molecular formula is C53H42N2. The molecule has 2 heteroatoms. The molecule has 0 unspecified atom stereocenters. The predicted octanol–water partition coefficient (Wildman–Crippen LogP) is 15.0. The third kappa shape index (κ3) is 5.16. The monoisotopic (exact) mass is 720 g/mol. The Morgan fingerprint density at radius 1 is 0.436 bits per heavy atom. The Bertz CT molecular complexity index is 3740. The lowest BCUT2D eigenvalue weighted by molar-refractivity contribution is 0.661. The molecule has 0 saturated carbocycles. The molecule has 0 heterocycles. The fourth-order valence-electron chi connectivity index (χ4n) is 8.20. The highest BCUT2D eigenvalue weighted by Gasteiger charge is 2.39. The highest BCUT2D eigenvalue weighted by atomic mass is 15.2. The first-order valence-electron chi connectivity index (χ1n) is 25.1. The lowest BCUT2D eigenvalue weighted by Crippen LogP contribution is -2.18. The van der Waals surface area contributed by atoms with Crippen molar-refractivity contribution in [2.75, 3.05) is 9.80 Å². The van der Waals surface area contributed by atoms with E-state index in [0.29, 0.717) is 22.7 Å². The highest BCUT2D eigenvalue weighted by Crippen LogP contribution is 2.56. The zero-order chi connectivity index (χ0) is 49.4. The molecule has 0 amide bonds. The van der Waals surface area contributed by atoms with Crippen molar-refractivity contribution in [3.63, 3.8) is 0 Å². The number of benzene rings is 9. The van der Waals surface area contributed by atoms with Gasteiger partial charge in [-0.15, -0.1) is 0 Å². The van der Waals surface area contributed by atoms with E-state index in [1.54, 1.807) is 9.80 Å². The van der Waals surface area contributed by atoms with Crippen molar-refractivity contribution in [2.45, 2.75) is 33.1 Å². The van der Waals surface area contributed by atoms with Gasteiger partial charge in [0.2, 0.25) is 0 Å². The first kappa shape index (κ1) is 21.3. The number of anilines is 6.